The molecule has 0 aliphatic heterocycles. The molecule has 0 fully saturated rings. The van der Waals surface area contributed by atoms with Gasteiger partial charge in [0.05, 0.1) is 10.1 Å². The summed E-state index contributed by atoms with van der Waals surface area (Å²) in [6.07, 6.45) is 4.05. The summed E-state index contributed by atoms with van der Waals surface area (Å²) in [5.74, 6) is -0.0142. The Morgan fingerprint density at radius 3 is 2.56 bits per heavy atom. The van der Waals surface area contributed by atoms with E-state index in [2.05, 4.69) is 6.58 Å². The van der Waals surface area contributed by atoms with Gasteiger partial charge < -0.3 is 5.11 Å². The first-order valence-corrected chi connectivity index (χ1v) is 6.42. The Bertz CT molecular complexity index is 322. The lowest BCUT2D eigenvalue weighted by molar-refractivity contribution is -0.137. The predicted octanol–water partition coefficient (Wildman–Crippen LogP) is 4.36. The fourth-order valence-electron chi connectivity index (χ4n) is 0.843. The fraction of sp³-hybridized carbons (Fsp3) is 0.364. The van der Waals surface area contributed by atoms with Crippen LogP contribution in [0.2, 0.25) is 0 Å². The average Bonchev–Trinajstić information content (AvgIpc) is 2.22. The van der Waals surface area contributed by atoms with E-state index in [1.54, 1.807) is 17.8 Å². The third-order valence-corrected chi connectivity index (χ3v) is 3.44. The summed E-state index contributed by atoms with van der Waals surface area (Å²) < 4.78 is 0. The summed E-state index contributed by atoms with van der Waals surface area (Å²) in [6.45, 7) is 5.41. The Balaban J connectivity index is 4.06. The summed E-state index contributed by atoms with van der Waals surface area (Å²) >= 11 is 13.2. The molecule has 0 spiro atoms. The lowest BCUT2D eigenvalue weighted by Gasteiger charge is -2.00. The van der Waals surface area contributed by atoms with E-state index in [9.17, 15) is 4.79 Å². The van der Waals surface area contributed by atoms with Gasteiger partial charge in [0.2, 0.25) is 0 Å². The van der Waals surface area contributed by atoms with Crippen molar-refractivity contribution < 1.29 is 9.90 Å². The number of allylic oxidation sites excluding steroid dienone is 5. The van der Waals surface area contributed by atoms with E-state index < -0.39 is 5.97 Å². The Morgan fingerprint density at radius 2 is 2.06 bits per heavy atom. The lowest BCUT2D eigenvalue weighted by Crippen LogP contribution is -1.94. The van der Waals surface area contributed by atoms with Crippen LogP contribution in [-0.4, -0.2) is 16.8 Å². The Kier molecular flexibility index (Phi) is 8.53. The third-order valence-electron chi connectivity index (χ3n) is 1.60. The molecule has 0 aromatic rings. The van der Waals surface area contributed by atoms with Crippen LogP contribution in [0.1, 0.15) is 19.8 Å². The first-order valence-electron chi connectivity index (χ1n) is 4.68. The van der Waals surface area contributed by atoms with Gasteiger partial charge in [0, 0.05) is 6.42 Å². The first-order chi connectivity index (χ1) is 7.47. The molecule has 90 valence electrons. The summed E-state index contributed by atoms with van der Waals surface area (Å²) in [5.41, 5.74) is 0. The molecule has 0 bridgehead atoms. The zero-order chi connectivity index (χ0) is 12.6. The summed E-state index contributed by atoms with van der Waals surface area (Å²) in [6, 6.07) is 0. The largest absolute Gasteiger partial charge is 0.481 e. The molecule has 0 unspecified atom stereocenters. The molecular weight excluding hydrogens is 267 g/mol. The Labute approximate surface area is 110 Å². The van der Waals surface area contributed by atoms with Crippen LogP contribution in [0.15, 0.2) is 33.7 Å². The summed E-state index contributed by atoms with van der Waals surface area (Å²) in [4.78, 5) is 11.3. The lowest BCUT2D eigenvalue weighted by atomic mass is 10.3. The molecule has 0 amide bonds. The number of halogens is 2. The van der Waals surface area contributed by atoms with Crippen molar-refractivity contribution in [3.63, 3.8) is 0 Å². The van der Waals surface area contributed by atoms with E-state index in [1.165, 1.54) is 6.08 Å². The molecule has 0 atom stereocenters. The van der Waals surface area contributed by atoms with E-state index in [-0.39, 0.29) is 6.42 Å². The van der Waals surface area contributed by atoms with E-state index >= 15 is 0 Å². The molecule has 2 nitrogen and oxygen atoms in total. The molecule has 0 heterocycles. The van der Waals surface area contributed by atoms with Crippen LogP contribution in [0.5, 0.6) is 0 Å². The molecule has 0 aliphatic rings. The molecule has 16 heavy (non-hydrogen) atoms. The maximum absolute atomic E-state index is 10.3. The summed E-state index contributed by atoms with van der Waals surface area (Å²) in [7, 11) is 0. The third kappa shape index (κ3) is 7.85. The van der Waals surface area contributed by atoms with Crippen molar-refractivity contribution in [2.45, 2.75) is 19.8 Å². The molecular formula is C11H14Cl2O2S. The Hall–Kier alpha value is -0.380. The quantitative estimate of drug-likeness (QED) is 0.556. The van der Waals surface area contributed by atoms with Gasteiger partial charge in [-0.25, -0.2) is 0 Å². The van der Waals surface area contributed by atoms with Gasteiger partial charge in [-0.3, -0.25) is 4.79 Å². The van der Waals surface area contributed by atoms with Gasteiger partial charge in [0.25, 0.3) is 0 Å². The number of hydrogen-bond acceptors (Lipinski definition) is 2. The van der Waals surface area contributed by atoms with Crippen LogP contribution in [-0.2, 0) is 4.79 Å². The van der Waals surface area contributed by atoms with Crippen LogP contribution >= 0.6 is 35.0 Å². The number of carboxylic acids is 1. The zero-order valence-corrected chi connectivity index (χ0v) is 11.3. The van der Waals surface area contributed by atoms with Gasteiger partial charge in [-0.2, -0.15) is 0 Å². The van der Waals surface area contributed by atoms with Crippen LogP contribution in [0.3, 0.4) is 0 Å². The first kappa shape index (κ1) is 15.6. The van der Waals surface area contributed by atoms with Gasteiger partial charge in [0.1, 0.15) is 0 Å². The van der Waals surface area contributed by atoms with Crippen LogP contribution in [0.25, 0.3) is 0 Å². The smallest absolute Gasteiger partial charge is 0.303 e. The van der Waals surface area contributed by atoms with Crippen molar-refractivity contribution in [2.24, 2.45) is 0 Å². The predicted molar refractivity (Wildman–Crippen MR) is 72.0 cm³/mol. The van der Waals surface area contributed by atoms with Crippen LogP contribution < -0.4 is 0 Å². The molecule has 0 aromatic carbocycles. The maximum atomic E-state index is 10.3. The van der Waals surface area contributed by atoms with Gasteiger partial charge >= 0.3 is 5.97 Å². The fourth-order valence-corrected chi connectivity index (χ4v) is 2.02. The van der Waals surface area contributed by atoms with Gasteiger partial charge in [-0.1, -0.05) is 29.8 Å². The minimum Gasteiger partial charge on any atom is -0.481 e. The van der Waals surface area contributed by atoms with Crippen molar-refractivity contribution >= 4 is 40.9 Å². The van der Waals surface area contributed by atoms with Crippen molar-refractivity contribution in [2.75, 3.05) is 5.75 Å². The molecule has 1 N–H and O–H groups in total. The van der Waals surface area contributed by atoms with E-state index in [0.717, 1.165) is 10.7 Å². The number of rotatable bonds is 7. The van der Waals surface area contributed by atoms with Crippen LogP contribution in [0, 0.1) is 0 Å². The highest BCUT2D eigenvalue weighted by Crippen LogP contribution is 2.23. The minimum atomic E-state index is -0.769. The monoisotopic (exact) mass is 280 g/mol. The molecule has 0 aromatic heterocycles. The second-order valence-electron chi connectivity index (χ2n) is 3.00. The maximum Gasteiger partial charge on any atom is 0.303 e. The zero-order valence-electron chi connectivity index (χ0n) is 9.00. The second kappa shape index (κ2) is 8.74. The van der Waals surface area contributed by atoms with Gasteiger partial charge in [-0.15, -0.1) is 11.8 Å². The van der Waals surface area contributed by atoms with Gasteiger partial charge in [-0.05, 0) is 36.2 Å². The number of aliphatic carboxylic acids is 1. The summed E-state index contributed by atoms with van der Waals surface area (Å²) in [5, 5.41) is 9.30. The number of thioether (sulfide) groups is 1. The highest BCUT2D eigenvalue weighted by atomic mass is 35.5. The number of hydrogen-bond donors (Lipinski definition) is 1. The van der Waals surface area contributed by atoms with Crippen molar-refractivity contribution in [1.82, 2.24) is 0 Å². The average molecular weight is 281 g/mol. The van der Waals surface area contributed by atoms with Crippen molar-refractivity contribution in [3.8, 4) is 0 Å². The molecule has 0 saturated heterocycles. The van der Waals surface area contributed by atoms with E-state index in [4.69, 9.17) is 28.3 Å². The number of carboxylic acid groups (broad SMARTS) is 1. The standard InChI is InChI=1S/C11H14Cl2O2S/c1-3-9(12)10(13)7-8(2)16-6-4-5-11(14)15/h3,7H,1,4-6H2,2H3,(H,14,15)/b8-7+,10-9-. The molecule has 5 heteroatoms. The second-order valence-corrected chi connectivity index (χ2v) is 5.16. The minimum absolute atomic E-state index is 0.192. The van der Waals surface area contributed by atoms with E-state index in [0.29, 0.717) is 16.5 Å². The highest BCUT2D eigenvalue weighted by Gasteiger charge is 1.99. The van der Waals surface area contributed by atoms with Gasteiger partial charge in [0.15, 0.2) is 0 Å². The van der Waals surface area contributed by atoms with E-state index in [1.807, 2.05) is 6.92 Å². The molecule has 0 radical (unpaired) electrons. The highest BCUT2D eigenvalue weighted by molar-refractivity contribution is 8.03. The SMILES string of the molecule is C=C/C(Cl)=C(Cl)\C=C(/C)SCCCC(=O)O. The normalized spacial score (nSPS) is 13.3. The molecule has 0 rings (SSSR count). The topological polar surface area (TPSA) is 37.3 Å². The Morgan fingerprint density at radius 1 is 1.44 bits per heavy atom. The molecule has 0 aliphatic carbocycles. The van der Waals surface area contributed by atoms with Crippen molar-refractivity contribution in [3.05, 3.63) is 33.7 Å². The van der Waals surface area contributed by atoms with Crippen molar-refractivity contribution in [1.29, 1.82) is 0 Å². The number of carbonyl (C=O) groups is 1. The molecule has 0 saturated carbocycles. The van der Waals surface area contributed by atoms with Crippen LogP contribution in [0.4, 0.5) is 0 Å².